The molecule has 0 aliphatic rings. The van der Waals surface area contributed by atoms with Crippen LogP contribution in [0.3, 0.4) is 0 Å². The number of carbonyl (C=O) groups is 2. The summed E-state index contributed by atoms with van der Waals surface area (Å²) in [6, 6.07) is 3.68. The van der Waals surface area contributed by atoms with Gasteiger partial charge in [-0.3, -0.25) is 14.9 Å². The fourth-order valence-corrected chi connectivity index (χ4v) is 1.89. The van der Waals surface area contributed by atoms with Crippen molar-refractivity contribution in [2.75, 3.05) is 20.8 Å². The Kier molecular flexibility index (Phi) is 6.57. The molecule has 0 aromatic heterocycles. The van der Waals surface area contributed by atoms with E-state index in [2.05, 4.69) is 0 Å². The molecular formula is C15H15N3O7. The second-order valence-electron chi connectivity index (χ2n) is 4.77. The summed E-state index contributed by atoms with van der Waals surface area (Å²) in [5, 5.41) is 27.3. The summed E-state index contributed by atoms with van der Waals surface area (Å²) in [4.78, 5) is 34.2. The van der Waals surface area contributed by atoms with Crippen molar-refractivity contribution < 1.29 is 28.7 Å². The van der Waals surface area contributed by atoms with Crippen molar-refractivity contribution in [2.24, 2.45) is 5.92 Å². The third-order valence-corrected chi connectivity index (χ3v) is 3.15. The molecule has 1 atom stereocenters. The Morgan fingerprint density at radius 3 is 2.32 bits per heavy atom. The maximum atomic E-state index is 12.1. The van der Waals surface area contributed by atoms with Crippen LogP contribution in [-0.2, 0) is 9.53 Å². The van der Waals surface area contributed by atoms with Crippen LogP contribution >= 0.6 is 0 Å². The summed E-state index contributed by atoms with van der Waals surface area (Å²) in [5.41, 5.74) is -1.22. The number of nitro benzene ring substituents is 1. The Morgan fingerprint density at radius 2 is 1.88 bits per heavy atom. The molecule has 0 saturated heterocycles. The van der Waals surface area contributed by atoms with Gasteiger partial charge in [-0.05, 0) is 6.92 Å². The lowest BCUT2D eigenvalue weighted by Crippen LogP contribution is -2.25. The van der Waals surface area contributed by atoms with Crippen molar-refractivity contribution >= 4 is 23.2 Å². The van der Waals surface area contributed by atoms with Gasteiger partial charge in [0.05, 0.1) is 31.3 Å². The molecule has 0 amide bonds. The molecule has 1 unspecified atom stereocenters. The summed E-state index contributed by atoms with van der Waals surface area (Å²) in [6.45, 7) is 0.478. The molecule has 1 rings (SSSR count). The van der Waals surface area contributed by atoms with Crippen LogP contribution in [0.2, 0.25) is 0 Å². The molecule has 1 N–H and O–H groups in total. The van der Waals surface area contributed by atoms with E-state index in [1.807, 2.05) is 0 Å². The van der Waals surface area contributed by atoms with Crippen molar-refractivity contribution in [3.63, 3.8) is 0 Å². The number of carbonyl (C=O) groups excluding carboxylic acids is 2. The first-order valence-corrected chi connectivity index (χ1v) is 6.81. The number of methoxy groups -OCH3 is 2. The summed E-state index contributed by atoms with van der Waals surface area (Å²) in [6.07, 6.45) is 0. The number of Topliss-reactive ketones (excluding diaryl/α,β-unsaturated/α-hetero) is 1. The first kappa shape index (κ1) is 19.6. The molecule has 0 spiro atoms. The number of nitro groups is 1. The Balaban J connectivity index is 3.09. The topological polar surface area (TPSA) is 153 Å². The van der Waals surface area contributed by atoms with E-state index in [4.69, 9.17) is 24.9 Å². The van der Waals surface area contributed by atoms with Gasteiger partial charge in [-0.2, -0.15) is 5.26 Å². The highest BCUT2D eigenvalue weighted by Crippen LogP contribution is 2.34. The monoisotopic (exact) mass is 349 g/mol. The molecular weight excluding hydrogens is 334 g/mol. The van der Waals surface area contributed by atoms with E-state index in [-0.39, 0.29) is 17.2 Å². The molecule has 0 aliphatic heterocycles. The summed E-state index contributed by atoms with van der Waals surface area (Å²) < 4.78 is 14.7. The zero-order valence-electron chi connectivity index (χ0n) is 13.7. The van der Waals surface area contributed by atoms with Gasteiger partial charge >= 0.3 is 5.97 Å². The molecule has 1 aromatic carbocycles. The normalized spacial score (nSPS) is 11.0. The molecule has 0 saturated carbocycles. The van der Waals surface area contributed by atoms with Gasteiger partial charge in [-0.1, -0.05) is 0 Å². The van der Waals surface area contributed by atoms with Crippen LogP contribution in [0.4, 0.5) is 5.69 Å². The van der Waals surface area contributed by atoms with Gasteiger partial charge in [-0.25, -0.2) is 4.79 Å². The maximum Gasteiger partial charge on any atom is 0.345 e. The van der Waals surface area contributed by atoms with E-state index < -0.39 is 40.5 Å². The van der Waals surface area contributed by atoms with Gasteiger partial charge < -0.3 is 19.6 Å². The van der Waals surface area contributed by atoms with E-state index >= 15 is 0 Å². The number of rotatable bonds is 8. The lowest BCUT2D eigenvalue weighted by molar-refractivity contribution is -0.385. The number of nitrogens with zero attached hydrogens (tertiary/aromatic N) is 2. The van der Waals surface area contributed by atoms with Gasteiger partial charge in [0.25, 0.3) is 5.69 Å². The van der Waals surface area contributed by atoms with E-state index in [9.17, 15) is 19.7 Å². The van der Waals surface area contributed by atoms with E-state index in [0.29, 0.717) is 0 Å². The number of esters is 1. The average molecular weight is 349 g/mol. The summed E-state index contributed by atoms with van der Waals surface area (Å²) in [5.74, 6) is -3.16. The molecule has 10 heteroatoms. The fourth-order valence-electron chi connectivity index (χ4n) is 1.89. The quantitative estimate of drug-likeness (QED) is 0.321. The van der Waals surface area contributed by atoms with Crippen LogP contribution in [0.15, 0.2) is 12.1 Å². The zero-order valence-corrected chi connectivity index (χ0v) is 13.7. The molecule has 25 heavy (non-hydrogen) atoms. The van der Waals surface area contributed by atoms with Crippen LogP contribution in [-0.4, -0.2) is 43.2 Å². The highest BCUT2D eigenvalue weighted by Gasteiger charge is 2.27. The Bertz CT molecular complexity index is 767. The largest absolute Gasteiger partial charge is 0.493 e. The third kappa shape index (κ3) is 4.51. The standard InChI is InChI=1S/C15H15N3O7/c1-8(17)10(6-16)12(19)7-25-15(20)9-4-13(23-2)14(24-3)5-11(9)18(21)22/h4-5,10,17H,7H2,1-3H3. The van der Waals surface area contributed by atoms with Crippen molar-refractivity contribution in [1.29, 1.82) is 10.7 Å². The zero-order chi connectivity index (χ0) is 19.1. The molecule has 132 valence electrons. The summed E-state index contributed by atoms with van der Waals surface area (Å²) >= 11 is 0. The van der Waals surface area contributed by atoms with Crippen molar-refractivity contribution in [2.45, 2.75) is 6.92 Å². The van der Waals surface area contributed by atoms with E-state index in [1.54, 1.807) is 6.07 Å². The van der Waals surface area contributed by atoms with E-state index in [1.165, 1.54) is 21.1 Å². The van der Waals surface area contributed by atoms with Crippen molar-refractivity contribution in [3.8, 4) is 17.6 Å². The van der Waals surface area contributed by atoms with Gasteiger partial charge in [0.1, 0.15) is 11.5 Å². The second kappa shape index (κ2) is 8.39. The van der Waals surface area contributed by atoms with E-state index in [0.717, 1.165) is 12.1 Å². The number of hydrogen-bond donors (Lipinski definition) is 1. The lowest BCUT2D eigenvalue weighted by atomic mass is 10.0. The number of ether oxygens (including phenoxy) is 3. The van der Waals surface area contributed by atoms with Crippen LogP contribution in [0.25, 0.3) is 0 Å². The van der Waals surface area contributed by atoms with Crippen LogP contribution < -0.4 is 9.47 Å². The Morgan fingerprint density at radius 1 is 1.32 bits per heavy atom. The van der Waals surface area contributed by atoms with Gasteiger partial charge in [0.2, 0.25) is 0 Å². The lowest BCUT2D eigenvalue weighted by Gasteiger charge is -2.11. The molecule has 0 bridgehead atoms. The Hall–Kier alpha value is -3.48. The molecule has 0 fully saturated rings. The van der Waals surface area contributed by atoms with Crippen LogP contribution in [0.5, 0.6) is 11.5 Å². The van der Waals surface area contributed by atoms with Crippen molar-refractivity contribution in [1.82, 2.24) is 0 Å². The maximum absolute atomic E-state index is 12.1. The first-order chi connectivity index (χ1) is 11.8. The summed E-state index contributed by atoms with van der Waals surface area (Å²) in [7, 11) is 2.56. The molecule has 0 aliphatic carbocycles. The molecule has 0 heterocycles. The third-order valence-electron chi connectivity index (χ3n) is 3.15. The molecule has 10 nitrogen and oxygen atoms in total. The second-order valence-corrected chi connectivity index (χ2v) is 4.77. The number of benzene rings is 1. The number of ketones is 1. The Labute approximate surface area is 142 Å². The molecule has 0 radical (unpaired) electrons. The first-order valence-electron chi connectivity index (χ1n) is 6.81. The SMILES string of the molecule is COc1cc(C(=O)OCC(=O)C(C#N)C(C)=N)c([N+](=O)[O-])cc1OC. The minimum absolute atomic E-state index is 0.0470. The number of hydrogen-bond acceptors (Lipinski definition) is 9. The predicted octanol–water partition coefficient (Wildman–Crippen LogP) is 1.52. The van der Waals surface area contributed by atoms with Gasteiger partial charge in [0.15, 0.2) is 23.9 Å². The predicted molar refractivity (Wildman–Crippen MR) is 84.0 cm³/mol. The fraction of sp³-hybridized carbons (Fsp3) is 0.333. The highest BCUT2D eigenvalue weighted by molar-refractivity contribution is 6.06. The minimum atomic E-state index is -1.34. The van der Waals surface area contributed by atoms with Crippen LogP contribution in [0, 0.1) is 32.8 Å². The highest BCUT2D eigenvalue weighted by atomic mass is 16.6. The average Bonchev–Trinajstić information content (AvgIpc) is 2.58. The molecule has 1 aromatic rings. The van der Waals surface area contributed by atoms with Crippen LogP contribution in [0.1, 0.15) is 17.3 Å². The smallest absolute Gasteiger partial charge is 0.345 e. The van der Waals surface area contributed by atoms with Gasteiger partial charge in [-0.15, -0.1) is 0 Å². The minimum Gasteiger partial charge on any atom is -0.493 e. The number of nitriles is 1. The van der Waals surface area contributed by atoms with Gasteiger partial charge in [0, 0.05) is 11.8 Å². The van der Waals surface area contributed by atoms with Crippen molar-refractivity contribution in [3.05, 3.63) is 27.8 Å². The number of nitrogens with one attached hydrogen (secondary N) is 1.